The standard InChI is InChI=1S/C7H15NO2/c1-4-7(5-10-3)8-6(2)9/h7H,4-5H2,1-3H3,(H,8,9)/t7-/m1/s1. The van der Waals surface area contributed by atoms with Crippen LogP contribution in [-0.4, -0.2) is 25.7 Å². The quantitative estimate of drug-likeness (QED) is 0.627. The van der Waals surface area contributed by atoms with E-state index in [2.05, 4.69) is 5.32 Å². The lowest BCUT2D eigenvalue weighted by Crippen LogP contribution is -2.35. The molecule has 0 spiro atoms. The van der Waals surface area contributed by atoms with Crippen molar-refractivity contribution in [3.63, 3.8) is 0 Å². The molecule has 0 aromatic carbocycles. The largest absolute Gasteiger partial charge is 0.383 e. The normalized spacial score (nSPS) is 12.7. The smallest absolute Gasteiger partial charge is 0.217 e. The van der Waals surface area contributed by atoms with Crippen molar-refractivity contribution < 1.29 is 9.53 Å². The number of amides is 1. The first-order valence-corrected chi connectivity index (χ1v) is 3.46. The van der Waals surface area contributed by atoms with Crippen LogP contribution in [0.4, 0.5) is 0 Å². The van der Waals surface area contributed by atoms with Crippen LogP contribution in [0.15, 0.2) is 0 Å². The molecule has 1 atom stereocenters. The van der Waals surface area contributed by atoms with Gasteiger partial charge in [-0.15, -0.1) is 0 Å². The maximum Gasteiger partial charge on any atom is 0.217 e. The zero-order chi connectivity index (χ0) is 7.98. The third-order valence-electron chi connectivity index (χ3n) is 1.27. The number of hydrogen-bond donors (Lipinski definition) is 1. The lowest BCUT2D eigenvalue weighted by molar-refractivity contribution is -0.120. The first-order chi connectivity index (χ1) is 4.70. The van der Waals surface area contributed by atoms with Gasteiger partial charge in [0.1, 0.15) is 0 Å². The summed E-state index contributed by atoms with van der Waals surface area (Å²) >= 11 is 0. The van der Waals surface area contributed by atoms with E-state index in [0.29, 0.717) is 6.61 Å². The molecule has 0 fully saturated rings. The third-order valence-corrected chi connectivity index (χ3v) is 1.27. The third kappa shape index (κ3) is 4.32. The van der Waals surface area contributed by atoms with Gasteiger partial charge in [0.15, 0.2) is 0 Å². The molecule has 0 aromatic heterocycles. The lowest BCUT2D eigenvalue weighted by Gasteiger charge is -2.13. The summed E-state index contributed by atoms with van der Waals surface area (Å²) < 4.78 is 4.88. The molecule has 1 N–H and O–H groups in total. The summed E-state index contributed by atoms with van der Waals surface area (Å²) in [6, 6.07) is 0.169. The maximum absolute atomic E-state index is 10.5. The van der Waals surface area contributed by atoms with Crippen molar-refractivity contribution in [1.82, 2.24) is 5.32 Å². The highest BCUT2D eigenvalue weighted by Gasteiger charge is 2.04. The Hall–Kier alpha value is -0.570. The first-order valence-electron chi connectivity index (χ1n) is 3.46. The Kier molecular flexibility index (Phi) is 4.94. The molecular weight excluding hydrogens is 130 g/mol. The minimum absolute atomic E-state index is 0.00361. The second-order valence-corrected chi connectivity index (χ2v) is 2.26. The van der Waals surface area contributed by atoms with Crippen LogP contribution in [0.1, 0.15) is 20.3 Å². The number of carbonyl (C=O) groups excluding carboxylic acids is 1. The average Bonchev–Trinajstić information content (AvgIpc) is 1.86. The SMILES string of the molecule is CC[C@H](COC)NC(C)=O. The lowest BCUT2D eigenvalue weighted by atomic mass is 10.2. The highest BCUT2D eigenvalue weighted by Crippen LogP contribution is 1.89. The van der Waals surface area contributed by atoms with E-state index in [1.54, 1.807) is 7.11 Å². The molecule has 0 aliphatic carbocycles. The molecule has 0 bridgehead atoms. The van der Waals surface area contributed by atoms with E-state index >= 15 is 0 Å². The molecule has 3 heteroatoms. The summed E-state index contributed by atoms with van der Waals surface area (Å²) in [4.78, 5) is 10.5. The van der Waals surface area contributed by atoms with Crippen molar-refractivity contribution in [3.8, 4) is 0 Å². The summed E-state index contributed by atoms with van der Waals surface area (Å²) in [7, 11) is 1.63. The van der Waals surface area contributed by atoms with Gasteiger partial charge >= 0.3 is 0 Å². The Bertz CT molecular complexity index is 104. The van der Waals surface area contributed by atoms with E-state index < -0.39 is 0 Å². The monoisotopic (exact) mass is 145 g/mol. The molecule has 0 unspecified atom stereocenters. The molecule has 0 aromatic rings. The van der Waals surface area contributed by atoms with Crippen LogP contribution >= 0.6 is 0 Å². The Morgan fingerprint density at radius 3 is 2.60 bits per heavy atom. The summed E-state index contributed by atoms with van der Waals surface area (Å²) in [5.74, 6) is 0.00361. The predicted octanol–water partition coefficient (Wildman–Crippen LogP) is 0.547. The zero-order valence-electron chi connectivity index (χ0n) is 6.81. The summed E-state index contributed by atoms with van der Waals surface area (Å²) in [6.07, 6.45) is 0.910. The molecule has 0 saturated carbocycles. The van der Waals surface area contributed by atoms with Crippen molar-refractivity contribution >= 4 is 5.91 Å². The van der Waals surface area contributed by atoms with Gasteiger partial charge in [-0.3, -0.25) is 4.79 Å². The van der Waals surface area contributed by atoms with Crippen molar-refractivity contribution in [2.75, 3.05) is 13.7 Å². The second kappa shape index (κ2) is 5.23. The summed E-state index contributed by atoms with van der Waals surface area (Å²) in [5.41, 5.74) is 0. The van der Waals surface area contributed by atoms with E-state index in [1.165, 1.54) is 6.92 Å². The van der Waals surface area contributed by atoms with Crippen LogP contribution in [0.2, 0.25) is 0 Å². The van der Waals surface area contributed by atoms with Gasteiger partial charge in [0.25, 0.3) is 0 Å². The topological polar surface area (TPSA) is 38.3 Å². The number of hydrogen-bond acceptors (Lipinski definition) is 2. The van der Waals surface area contributed by atoms with Gasteiger partial charge < -0.3 is 10.1 Å². The van der Waals surface area contributed by atoms with E-state index in [0.717, 1.165) is 6.42 Å². The molecule has 0 radical (unpaired) electrons. The molecule has 3 nitrogen and oxygen atoms in total. The Morgan fingerprint density at radius 1 is 1.70 bits per heavy atom. The fourth-order valence-corrected chi connectivity index (χ4v) is 0.750. The van der Waals surface area contributed by atoms with Gasteiger partial charge in [-0.25, -0.2) is 0 Å². The molecule has 0 rings (SSSR count). The molecule has 1 amide bonds. The highest BCUT2D eigenvalue weighted by atomic mass is 16.5. The van der Waals surface area contributed by atoms with Crippen LogP contribution in [-0.2, 0) is 9.53 Å². The number of ether oxygens (including phenoxy) is 1. The van der Waals surface area contributed by atoms with Gasteiger partial charge in [-0.05, 0) is 6.42 Å². The molecule has 0 aliphatic rings. The van der Waals surface area contributed by atoms with Crippen LogP contribution < -0.4 is 5.32 Å². The molecule has 10 heavy (non-hydrogen) atoms. The Labute approximate surface area is 61.8 Å². The first kappa shape index (κ1) is 9.43. The van der Waals surface area contributed by atoms with Crippen molar-refractivity contribution in [2.45, 2.75) is 26.3 Å². The number of nitrogens with one attached hydrogen (secondary N) is 1. The molecular formula is C7H15NO2. The van der Waals surface area contributed by atoms with E-state index in [-0.39, 0.29) is 11.9 Å². The number of methoxy groups -OCH3 is 1. The van der Waals surface area contributed by atoms with E-state index in [1.807, 2.05) is 6.92 Å². The Morgan fingerprint density at radius 2 is 2.30 bits per heavy atom. The predicted molar refractivity (Wildman–Crippen MR) is 39.8 cm³/mol. The van der Waals surface area contributed by atoms with Crippen LogP contribution in [0.25, 0.3) is 0 Å². The highest BCUT2D eigenvalue weighted by molar-refractivity contribution is 5.73. The molecule has 60 valence electrons. The van der Waals surface area contributed by atoms with Gasteiger partial charge in [0.2, 0.25) is 5.91 Å². The van der Waals surface area contributed by atoms with E-state index in [9.17, 15) is 4.79 Å². The average molecular weight is 145 g/mol. The maximum atomic E-state index is 10.5. The fraction of sp³-hybridized carbons (Fsp3) is 0.857. The van der Waals surface area contributed by atoms with Gasteiger partial charge in [0.05, 0.1) is 12.6 Å². The number of rotatable bonds is 4. The second-order valence-electron chi connectivity index (χ2n) is 2.26. The molecule has 0 heterocycles. The van der Waals surface area contributed by atoms with Crippen LogP contribution in [0.3, 0.4) is 0 Å². The molecule has 0 saturated heterocycles. The van der Waals surface area contributed by atoms with Gasteiger partial charge in [-0.1, -0.05) is 6.92 Å². The number of carbonyl (C=O) groups is 1. The van der Waals surface area contributed by atoms with Crippen LogP contribution in [0, 0.1) is 0 Å². The van der Waals surface area contributed by atoms with E-state index in [4.69, 9.17) is 4.74 Å². The molecule has 0 aliphatic heterocycles. The van der Waals surface area contributed by atoms with Crippen molar-refractivity contribution in [1.29, 1.82) is 0 Å². The van der Waals surface area contributed by atoms with Crippen LogP contribution in [0.5, 0.6) is 0 Å². The summed E-state index contributed by atoms with van der Waals surface area (Å²) in [6.45, 7) is 4.12. The minimum Gasteiger partial charge on any atom is -0.383 e. The van der Waals surface area contributed by atoms with Gasteiger partial charge in [-0.2, -0.15) is 0 Å². The minimum atomic E-state index is 0.00361. The fourth-order valence-electron chi connectivity index (χ4n) is 0.750. The van der Waals surface area contributed by atoms with Crippen molar-refractivity contribution in [3.05, 3.63) is 0 Å². The zero-order valence-corrected chi connectivity index (χ0v) is 6.81. The van der Waals surface area contributed by atoms with Crippen molar-refractivity contribution in [2.24, 2.45) is 0 Å². The Balaban J connectivity index is 3.49. The van der Waals surface area contributed by atoms with Gasteiger partial charge in [0, 0.05) is 14.0 Å². The summed E-state index contributed by atoms with van der Waals surface area (Å²) in [5, 5.41) is 2.77.